The van der Waals surface area contributed by atoms with Gasteiger partial charge in [0, 0.05) is 5.56 Å². The lowest BCUT2D eigenvalue weighted by Gasteiger charge is -1.94. The van der Waals surface area contributed by atoms with E-state index >= 15 is 0 Å². The molecule has 0 aliphatic rings. The Kier molecular flexibility index (Phi) is 2.07. The number of benzene rings is 1. The van der Waals surface area contributed by atoms with Crippen molar-refractivity contribution in [2.45, 2.75) is 0 Å². The van der Waals surface area contributed by atoms with E-state index in [4.69, 9.17) is 8.83 Å². The highest BCUT2D eigenvalue weighted by Crippen LogP contribution is 2.22. The highest BCUT2D eigenvalue weighted by atomic mass is 16.6. The van der Waals surface area contributed by atoms with Gasteiger partial charge in [-0.05, 0) is 6.08 Å². The second-order valence-corrected chi connectivity index (χ2v) is 2.72. The van der Waals surface area contributed by atoms with E-state index in [9.17, 15) is 4.79 Å². The summed E-state index contributed by atoms with van der Waals surface area (Å²) < 4.78 is 9.68. The fourth-order valence-electron chi connectivity index (χ4n) is 1.22. The Labute approximate surface area is 80.3 Å². The minimum atomic E-state index is -0.709. The van der Waals surface area contributed by atoms with E-state index in [1.54, 1.807) is 0 Å². The molecule has 0 saturated carbocycles. The molecule has 0 spiro atoms. The Hall–Kier alpha value is -2.03. The molecule has 1 heterocycles. The van der Waals surface area contributed by atoms with Gasteiger partial charge in [-0.25, -0.2) is 4.79 Å². The molecule has 0 amide bonds. The molecule has 70 valence electrons. The Balaban J connectivity index is 2.62. The van der Waals surface area contributed by atoms with Crippen LogP contribution < -0.4 is 5.82 Å². The van der Waals surface area contributed by atoms with Crippen LogP contribution >= 0.6 is 0 Å². The maximum Gasteiger partial charge on any atom is 0.519 e. The molecule has 0 atom stereocenters. The zero-order chi connectivity index (χ0) is 9.97. The quantitative estimate of drug-likeness (QED) is 0.727. The van der Waals surface area contributed by atoms with Gasteiger partial charge in [-0.2, -0.15) is 0 Å². The standard InChI is InChI=1S/C11H8O3/c1-2-9-10(14-11(12)13-9)8-6-4-3-5-7-8/h2-7H,1H2. The summed E-state index contributed by atoms with van der Waals surface area (Å²) in [6.45, 7) is 3.54. The average molecular weight is 188 g/mol. The Bertz CT molecular complexity index is 491. The molecule has 14 heavy (non-hydrogen) atoms. The predicted molar refractivity (Wildman–Crippen MR) is 52.8 cm³/mol. The van der Waals surface area contributed by atoms with Crippen molar-refractivity contribution in [1.82, 2.24) is 0 Å². The van der Waals surface area contributed by atoms with Gasteiger partial charge >= 0.3 is 5.82 Å². The lowest BCUT2D eigenvalue weighted by Crippen LogP contribution is -1.85. The van der Waals surface area contributed by atoms with Gasteiger partial charge in [0.05, 0.1) is 0 Å². The van der Waals surface area contributed by atoms with Crippen LogP contribution in [0, 0.1) is 0 Å². The first-order valence-electron chi connectivity index (χ1n) is 4.13. The highest BCUT2D eigenvalue weighted by molar-refractivity contribution is 5.65. The minimum Gasteiger partial charge on any atom is -0.391 e. The summed E-state index contributed by atoms with van der Waals surface area (Å²) in [6, 6.07) is 9.27. The van der Waals surface area contributed by atoms with Crippen molar-refractivity contribution in [2.75, 3.05) is 0 Å². The van der Waals surface area contributed by atoms with Gasteiger partial charge in [-0.15, -0.1) is 0 Å². The molecule has 0 saturated heterocycles. The molecule has 0 unspecified atom stereocenters. The van der Waals surface area contributed by atoms with Gasteiger partial charge in [0.15, 0.2) is 11.5 Å². The second-order valence-electron chi connectivity index (χ2n) is 2.72. The van der Waals surface area contributed by atoms with Gasteiger partial charge in [0.1, 0.15) is 0 Å². The van der Waals surface area contributed by atoms with Crippen molar-refractivity contribution < 1.29 is 8.83 Å². The molecule has 3 nitrogen and oxygen atoms in total. The monoisotopic (exact) mass is 188 g/mol. The molecular weight excluding hydrogens is 180 g/mol. The average Bonchev–Trinajstić information content (AvgIpc) is 2.61. The van der Waals surface area contributed by atoms with Crippen molar-refractivity contribution in [3.05, 3.63) is 53.3 Å². The zero-order valence-electron chi connectivity index (χ0n) is 7.40. The maximum absolute atomic E-state index is 10.9. The fraction of sp³-hybridized carbons (Fsp3) is 0. The zero-order valence-corrected chi connectivity index (χ0v) is 7.40. The predicted octanol–water partition coefficient (Wildman–Crippen LogP) is 2.54. The third-order valence-corrected chi connectivity index (χ3v) is 1.82. The topological polar surface area (TPSA) is 43.4 Å². The van der Waals surface area contributed by atoms with E-state index in [0.29, 0.717) is 11.5 Å². The first kappa shape index (κ1) is 8.56. The molecule has 3 heteroatoms. The number of hydrogen-bond donors (Lipinski definition) is 0. The van der Waals surface area contributed by atoms with E-state index in [1.807, 2.05) is 30.3 Å². The summed E-state index contributed by atoms with van der Waals surface area (Å²) in [5.41, 5.74) is 0.799. The fourth-order valence-corrected chi connectivity index (χ4v) is 1.22. The third-order valence-electron chi connectivity index (χ3n) is 1.82. The molecule has 0 bridgehead atoms. The van der Waals surface area contributed by atoms with Crippen molar-refractivity contribution >= 4 is 6.08 Å². The van der Waals surface area contributed by atoms with E-state index in [2.05, 4.69) is 6.58 Å². The molecule has 1 aromatic carbocycles. The van der Waals surface area contributed by atoms with Crippen LogP contribution in [0.15, 0.2) is 50.5 Å². The molecule has 2 aromatic rings. The van der Waals surface area contributed by atoms with Crippen molar-refractivity contribution in [3.8, 4) is 11.3 Å². The highest BCUT2D eigenvalue weighted by Gasteiger charge is 2.10. The maximum atomic E-state index is 10.9. The van der Waals surface area contributed by atoms with Crippen LogP contribution in [-0.4, -0.2) is 0 Å². The number of rotatable bonds is 2. The molecular formula is C11H8O3. The summed E-state index contributed by atoms with van der Waals surface area (Å²) in [6.07, 6.45) is 1.45. The molecule has 0 fully saturated rings. The minimum absolute atomic E-state index is 0.362. The van der Waals surface area contributed by atoms with Crippen LogP contribution in [0.3, 0.4) is 0 Å². The SMILES string of the molecule is C=Cc1oc(=O)oc1-c1ccccc1. The molecule has 0 N–H and O–H groups in total. The van der Waals surface area contributed by atoms with Crippen LogP contribution in [0.4, 0.5) is 0 Å². The van der Waals surface area contributed by atoms with E-state index in [0.717, 1.165) is 5.56 Å². The van der Waals surface area contributed by atoms with E-state index in [1.165, 1.54) is 6.08 Å². The Morgan fingerprint density at radius 3 is 2.50 bits per heavy atom. The van der Waals surface area contributed by atoms with Crippen molar-refractivity contribution in [3.63, 3.8) is 0 Å². The van der Waals surface area contributed by atoms with Crippen molar-refractivity contribution in [1.29, 1.82) is 0 Å². The van der Waals surface area contributed by atoms with Crippen LogP contribution in [0.25, 0.3) is 17.4 Å². The normalized spacial score (nSPS) is 10.0. The summed E-state index contributed by atoms with van der Waals surface area (Å²) in [5.74, 6) is 0.0746. The first-order valence-corrected chi connectivity index (χ1v) is 4.13. The van der Waals surface area contributed by atoms with Gasteiger partial charge < -0.3 is 8.83 Å². The summed E-state index contributed by atoms with van der Waals surface area (Å²) in [5, 5.41) is 0. The molecule has 1 aromatic heterocycles. The Morgan fingerprint density at radius 1 is 1.14 bits per heavy atom. The first-order chi connectivity index (χ1) is 6.81. The number of hydrogen-bond acceptors (Lipinski definition) is 3. The summed E-state index contributed by atoms with van der Waals surface area (Å²) >= 11 is 0. The third kappa shape index (κ3) is 1.40. The van der Waals surface area contributed by atoms with Gasteiger partial charge in [-0.1, -0.05) is 36.9 Å². The summed E-state index contributed by atoms with van der Waals surface area (Å²) in [7, 11) is 0. The van der Waals surface area contributed by atoms with Crippen molar-refractivity contribution in [2.24, 2.45) is 0 Å². The molecule has 0 aliphatic carbocycles. The largest absolute Gasteiger partial charge is 0.519 e. The second kappa shape index (κ2) is 3.38. The van der Waals surface area contributed by atoms with Crippen LogP contribution in [0.1, 0.15) is 5.76 Å². The van der Waals surface area contributed by atoms with Gasteiger partial charge in [0.2, 0.25) is 0 Å². The van der Waals surface area contributed by atoms with Gasteiger partial charge in [0.25, 0.3) is 0 Å². The smallest absolute Gasteiger partial charge is 0.391 e. The lowest BCUT2D eigenvalue weighted by molar-refractivity contribution is 0.387. The van der Waals surface area contributed by atoms with Crippen LogP contribution in [0.2, 0.25) is 0 Å². The molecule has 2 rings (SSSR count). The molecule has 0 aliphatic heterocycles. The molecule has 0 radical (unpaired) electrons. The summed E-state index contributed by atoms with van der Waals surface area (Å²) in [4.78, 5) is 10.9. The van der Waals surface area contributed by atoms with Gasteiger partial charge in [-0.3, -0.25) is 0 Å². The van der Waals surface area contributed by atoms with E-state index in [-0.39, 0.29) is 0 Å². The Morgan fingerprint density at radius 2 is 1.86 bits per heavy atom. The van der Waals surface area contributed by atoms with E-state index < -0.39 is 5.82 Å². The lowest BCUT2D eigenvalue weighted by atomic mass is 10.1. The van der Waals surface area contributed by atoms with Crippen LogP contribution in [0.5, 0.6) is 0 Å². The van der Waals surface area contributed by atoms with Crippen LogP contribution in [-0.2, 0) is 0 Å².